The van der Waals surface area contributed by atoms with Gasteiger partial charge in [-0.05, 0) is 13.0 Å². The number of nitrogens with zero attached hydrogens (tertiary/aromatic N) is 2. The summed E-state index contributed by atoms with van der Waals surface area (Å²) in [7, 11) is 1.12. The molecule has 112 valence electrons. The van der Waals surface area contributed by atoms with Crippen LogP contribution in [-0.2, 0) is 9.53 Å². The number of methoxy groups -OCH3 is 1. The van der Waals surface area contributed by atoms with Crippen LogP contribution in [0.15, 0.2) is 18.2 Å². The molecule has 1 rings (SSSR count). The van der Waals surface area contributed by atoms with E-state index in [1.165, 1.54) is 6.92 Å². The molecule has 0 saturated carbocycles. The Hall–Kier alpha value is -3.04. The van der Waals surface area contributed by atoms with E-state index in [-0.39, 0.29) is 5.56 Å². The molecule has 1 aromatic rings. The molecule has 0 aliphatic rings. The Kier molecular flexibility index (Phi) is 4.89. The molecule has 0 spiro atoms. The van der Waals surface area contributed by atoms with Crippen molar-refractivity contribution in [2.45, 2.75) is 13.0 Å². The summed E-state index contributed by atoms with van der Waals surface area (Å²) in [4.78, 5) is 42.8. The molecular formula is C11H11N3O7. The molecule has 21 heavy (non-hydrogen) atoms. The van der Waals surface area contributed by atoms with Crippen molar-refractivity contribution in [3.63, 3.8) is 0 Å². The molecule has 0 fully saturated rings. The van der Waals surface area contributed by atoms with Crippen LogP contribution < -0.4 is 5.32 Å². The second-order valence-corrected chi connectivity index (χ2v) is 3.93. The fourth-order valence-corrected chi connectivity index (χ4v) is 1.49. The zero-order chi connectivity index (χ0) is 16.2. The second-order valence-electron chi connectivity index (χ2n) is 3.93. The fraction of sp³-hybridized carbons (Fsp3) is 0.273. The van der Waals surface area contributed by atoms with E-state index in [4.69, 9.17) is 0 Å². The van der Waals surface area contributed by atoms with Gasteiger partial charge in [-0.3, -0.25) is 25.0 Å². The third kappa shape index (κ3) is 3.72. The largest absolute Gasteiger partial charge is 0.467 e. The first-order valence-electron chi connectivity index (χ1n) is 5.59. The van der Waals surface area contributed by atoms with Gasteiger partial charge in [0, 0.05) is 6.07 Å². The van der Waals surface area contributed by atoms with Crippen molar-refractivity contribution in [3.05, 3.63) is 44.0 Å². The number of nitro groups is 2. The number of rotatable bonds is 5. The van der Waals surface area contributed by atoms with E-state index in [0.29, 0.717) is 6.07 Å². The van der Waals surface area contributed by atoms with Crippen molar-refractivity contribution in [2.24, 2.45) is 0 Å². The van der Waals surface area contributed by atoms with E-state index in [1.807, 2.05) is 0 Å². The average Bonchev–Trinajstić information content (AvgIpc) is 2.45. The molecule has 0 aliphatic heterocycles. The van der Waals surface area contributed by atoms with Crippen LogP contribution in [0.25, 0.3) is 0 Å². The number of carbonyl (C=O) groups is 2. The van der Waals surface area contributed by atoms with Gasteiger partial charge in [0.1, 0.15) is 11.6 Å². The van der Waals surface area contributed by atoms with Gasteiger partial charge in [0.05, 0.1) is 23.0 Å². The maximum Gasteiger partial charge on any atom is 0.328 e. The van der Waals surface area contributed by atoms with Crippen LogP contribution >= 0.6 is 0 Å². The fourth-order valence-electron chi connectivity index (χ4n) is 1.49. The number of nitrogens with one attached hydrogen (secondary N) is 1. The van der Waals surface area contributed by atoms with Gasteiger partial charge in [0.2, 0.25) is 0 Å². The Balaban J connectivity index is 3.12. The van der Waals surface area contributed by atoms with Gasteiger partial charge in [-0.15, -0.1) is 0 Å². The molecule has 1 amide bonds. The number of nitro benzene ring substituents is 2. The minimum Gasteiger partial charge on any atom is -0.467 e. The first-order chi connectivity index (χ1) is 9.77. The van der Waals surface area contributed by atoms with Crippen LogP contribution in [0.1, 0.15) is 17.3 Å². The van der Waals surface area contributed by atoms with E-state index in [1.54, 1.807) is 0 Å². The lowest BCUT2D eigenvalue weighted by atomic mass is 10.1. The van der Waals surface area contributed by atoms with Crippen molar-refractivity contribution < 1.29 is 24.2 Å². The summed E-state index contributed by atoms with van der Waals surface area (Å²) in [6, 6.07) is 1.58. The third-order valence-corrected chi connectivity index (χ3v) is 2.54. The number of esters is 1. The summed E-state index contributed by atoms with van der Waals surface area (Å²) in [5.41, 5.74) is -1.63. The van der Waals surface area contributed by atoms with E-state index < -0.39 is 39.1 Å². The zero-order valence-corrected chi connectivity index (χ0v) is 11.1. The molecule has 0 unspecified atom stereocenters. The van der Waals surface area contributed by atoms with Gasteiger partial charge < -0.3 is 10.1 Å². The molecule has 1 atom stereocenters. The minimum atomic E-state index is -1.02. The zero-order valence-electron chi connectivity index (χ0n) is 11.1. The predicted molar refractivity (Wildman–Crippen MR) is 68.7 cm³/mol. The molecule has 0 bridgehead atoms. The normalized spacial score (nSPS) is 11.3. The van der Waals surface area contributed by atoms with E-state index in [2.05, 4.69) is 10.1 Å². The molecule has 10 heteroatoms. The molecular weight excluding hydrogens is 286 g/mol. The number of hydrogen-bond donors (Lipinski definition) is 1. The van der Waals surface area contributed by atoms with E-state index in [0.717, 1.165) is 19.2 Å². The molecule has 0 heterocycles. The van der Waals surface area contributed by atoms with Crippen molar-refractivity contribution in [1.82, 2.24) is 5.32 Å². The Morgan fingerprint density at radius 3 is 2.33 bits per heavy atom. The van der Waals surface area contributed by atoms with Crippen molar-refractivity contribution in [1.29, 1.82) is 0 Å². The number of hydrogen-bond acceptors (Lipinski definition) is 7. The Labute approximate surface area is 118 Å². The quantitative estimate of drug-likeness (QED) is 0.481. The minimum absolute atomic E-state index is 0.388. The van der Waals surface area contributed by atoms with Crippen molar-refractivity contribution in [3.8, 4) is 0 Å². The lowest BCUT2D eigenvalue weighted by molar-refractivity contribution is -0.394. The highest BCUT2D eigenvalue weighted by atomic mass is 16.6. The summed E-state index contributed by atoms with van der Waals surface area (Å²) in [5.74, 6) is -1.64. The molecule has 0 aromatic heterocycles. The highest BCUT2D eigenvalue weighted by Gasteiger charge is 2.26. The molecule has 10 nitrogen and oxygen atoms in total. The van der Waals surface area contributed by atoms with Crippen LogP contribution in [0, 0.1) is 20.2 Å². The van der Waals surface area contributed by atoms with Crippen molar-refractivity contribution in [2.75, 3.05) is 7.11 Å². The van der Waals surface area contributed by atoms with Crippen LogP contribution in [0.2, 0.25) is 0 Å². The van der Waals surface area contributed by atoms with E-state index >= 15 is 0 Å². The highest BCUT2D eigenvalue weighted by molar-refractivity contribution is 6.00. The van der Waals surface area contributed by atoms with Gasteiger partial charge >= 0.3 is 5.97 Å². The number of amides is 1. The van der Waals surface area contributed by atoms with E-state index in [9.17, 15) is 29.8 Å². The van der Waals surface area contributed by atoms with Gasteiger partial charge in [-0.1, -0.05) is 0 Å². The number of benzene rings is 1. The Morgan fingerprint density at radius 2 is 1.86 bits per heavy atom. The van der Waals surface area contributed by atoms with Gasteiger partial charge in [0.25, 0.3) is 17.3 Å². The smallest absolute Gasteiger partial charge is 0.328 e. The molecule has 0 aliphatic carbocycles. The first kappa shape index (κ1) is 16.0. The summed E-state index contributed by atoms with van der Waals surface area (Å²) >= 11 is 0. The lowest BCUT2D eigenvalue weighted by Crippen LogP contribution is -2.39. The van der Waals surface area contributed by atoms with Crippen LogP contribution in [0.3, 0.4) is 0 Å². The standard InChI is InChI=1S/C11H11N3O7/c1-6(11(16)21-2)12-10(15)8-4-3-7(13(17)18)5-9(8)14(19)20/h3-6H,1-2H3,(H,12,15)/t6-/m0/s1. The molecule has 1 aromatic carbocycles. The summed E-state index contributed by atoms with van der Waals surface area (Å²) in [6.07, 6.45) is 0. The molecule has 1 N–H and O–H groups in total. The maximum atomic E-state index is 11.9. The number of ether oxygens (including phenoxy) is 1. The molecule has 0 saturated heterocycles. The van der Waals surface area contributed by atoms with Gasteiger partial charge in [0.15, 0.2) is 0 Å². The Morgan fingerprint density at radius 1 is 1.24 bits per heavy atom. The average molecular weight is 297 g/mol. The number of carbonyl (C=O) groups excluding carboxylic acids is 2. The summed E-state index contributed by atoms with van der Waals surface area (Å²) in [5, 5.41) is 23.7. The van der Waals surface area contributed by atoms with Crippen LogP contribution in [0.4, 0.5) is 11.4 Å². The third-order valence-electron chi connectivity index (χ3n) is 2.54. The highest BCUT2D eigenvalue weighted by Crippen LogP contribution is 2.24. The monoisotopic (exact) mass is 297 g/mol. The maximum absolute atomic E-state index is 11.9. The SMILES string of the molecule is COC(=O)[C@H](C)NC(=O)c1ccc([N+](=O)[O-])cc1[N+](=O)[O-]. The first-order valence-corrected chi connectivity index (χ1v) is 5.59. The lowest BCUT2D eigenvalue weighted by Gasteiger charge is -2.11. The van der Waals surface area contributed by atoms with Crippen molar-refractivity contribution >= 4 is 23.3 Å². The van der Waals surface area contributed by atoms with Gasteiger partial charge in [-0.2, -0.15) is 0 Å². The summed E-state index contributed by atoms with van der Waals surface area (Å²) < 4.78 is 4.40. The Bertz CT molecular complexity index is 614. The molecule has 0 radical (unpaired) electrons. The number of non-ortho nitro benzene ring substituents is 1. The second kappa shape index (κ2) is 6.41. The predicted octanol–water partition coefficient (Wildman–Crippen LogP) is 0.794. The van der Waals surface area contributed by atoms with Gasteiger partial charge in [-0.25, -0.2) is 4.79 Å². The van der Waals surface area contributed by atoms with Crippen LogP contribution in [-0.4, -0.2) is 34.9 Å². The summed E-state index contributed by atoms with van der Waals surface area (Å²) in [6.45, 7) is 1.33. The topological polar surface area (TPSA) is 142 Å². The van der Waals surface area contributed by atoms with Crippen LogP contribution in [0.5, 0.6) is 0 Å².